The summed E-state index contributed by atoms with van der Waals surface area (Å²) >= 11 is 0. The SMILES string of the molecule is COc1cc(Nc2cc(C(=O)Nc3cccc(F)c3)ccn2)cc(OC)c1OC. The van der Waals surface area contributed by atoms with Crippen molar-refractivity contribution >= 4 is 23.1 Å². The summed E-state index contributed by atoms with van der Waals surface area (Å²) in [7, 11) is 4.57. The predicted molar refractivity (Wildman–Crippen MR) is 108 cm³/mol. The number of amides is 1. The smallest absolute Gasteiger partial charge is 0.255 e. The standard InChI is InChI=1S/C21H20FN3O4/c1-27-17-11-16(12-18(28-2)20(17)29-3)24-19-9-13(7-8-23-19)21(26)25-15-6-4-5-14(22)10-15/h4-12H,1-3H3,(H,23,24)(H,25,26). The van der Waals surface area contributed by atoms with Gasteiger partial charge in [0.25, 0.3) is 5.91 Å². The summed E-state index contributed by atoms with van der Waals surface area (Å²) in [4.78, 5) is 16.7. The van der Waals surface area contributed by atoms with Crippen LogP contribution in [-0.2, 0) is 0 Å². The zero-order chi connectivity index (χ0) is 20.8. The van der Waals surface area contributed by atoms with Gasteiger partial charge in [0.2, 0.25) is 5.75 Å². The molecule has 1 amide bonds. The van der Waals surface area contributed by atoms with Crippen molar-refractivity contribution in [1.82, 2.24) is 4.98 Å². The minimum atomic E-state index is -0.428. The molecule has 8 heteroatoms. The maximum atomic E-state index is 13.3. The van der Waals surface area contributed by atoms with E-state index in [1.54, 1.807) is 30.3 Å². The van der Waals surface area contributed by atoms with Crippen LogP contribution in [0.15, 0.2) is 54.7 Å². The van der Waals surface area contributed by atoms with Crippen molar-refractivity contribution in [2.45, 2.75) is 0 Å². The van der Waals surface area contributed by atoms with Gasteiger partial charge >= 0.3 is 0 Å². The zero-order valence-corrected chi connectivity index (χ0v) is 16.2. The van der Waals surface area contributed by atoms with E-state index in [9.17, 15) is 9.18 Å². The molecule has 0 saturated carbocycles. The summed E-state index contributed by atoms with van der Waals surface area (Å²) in [6.07, 6.45) is 1.50. The van der Waals surface area contributed by atoms with E-state index >= 15 is 0 Å². The third kappa shape index (κ3) is 4.73. The second kappa shape index (κ2) is 8.92. The van der Waals surface area contributed by atoms with Crippen molar-refractivity contribution in [2.24, 2.45) is 0 Å². The lowest BCUT2D eigenvalue weighted by Gasteiger charge is -2.15. The zero-order valence-electron chi connectivity index (χ0n) is 16.2. The fraction of sp³-hybridized carbons (Fsp3) is 0.143. The van der Waals surface area contributed by atoms with Gasteiger partial charge in [0.05, 0.1) is 21.3 Å². The van der Waals surface area contributed by atoms with Crippen LogP contribution in [0.4, 0.5) is 21.6 Å². The molecule has 0 atom stereocenters. The molecule has 0 bridgehead atoms. The number of ether oxygens (including phenoxy) is 3. The van der Waals surface area contributed by atoms with E-state index < -0.39 is 5.82 Å². The van der Waals surface area contributed by atoms with Crippen LogP contribution in [0.1, 0.15) is 10.4 Å². The number of halogens is 1. The van der Waals surface area contributed by atoms with Crippen molar-refractivity contribution in [2.75, 3.05) is 32.0 Å². The molecule has 7 nitrogen and oxygen atoms in total. The third-order valence-electron chi connectivity index (χ3n) is 4.04. The first-order valence-electron chi connectivity index (χ1n) is 8.64. The number of nitrogens with zero attached hydrogens (tertiary/aromatic N) is 1. The number of anilines is 3. The summed E-state index contributed by atoms with van der Waals surface area (Å²) in [6, 6.07) is 12.3. The van der Waals surface area contributed by atoms with Gasteiger partial charge in [-0.2, -0.15) is 0 Å². The first-order valence-corrected chi connectivity index (χ1v) is 8.64. The summed E-state index contributed by atoms with van der Waals surface area (Å²) in [5.41, 5.74) is 1.36. The average molecular weight is 397 g/mol. The molecule has 3 aromatic rings. The first-order chi connectivity index (χ1) is 14.0. The van der Waals surface area contributed by atoms with Crippen molar-refractivity contribution in [1.29, 1.82) is 0 Å². The van der Waals surface area contributed by atoms with Gasteiger partial charge in [-0.05, 0) is 30.3 Å². The minimum Gasteiger partial charge on any atom is -0.493 e. The van der Waals surface area contributed by atoms with Crippen molar-refractivity contribution < 1.29 is 23.4 Å². The molecule has 1 aromatic heterocycles. The number of benzene rings is 2. The molecular weight excluding hydrogens is 377 g/mol. The number of nitrogens with one attached hydrogen (secondary N) is 2. The van der Waals surface area contributed by atoms with Gasteiger partial charge in [-0.25, -0.2) is 9.37 Å². The molecule has 0 aliphatic rings. The molecule has 150 valence electrons. The number of rotatable bonds is 7. The van der Waals surface area contributed by atoms with Crippen LogP contribution in [0.5, 0.6) is 17.2 Å². The topological polar surface area (TPSA) is 81.7 Å². The van der Waals surface area contributed by atoms with Gasteiger partial charge in [-0.15, -0.1) is 0 Å². The summed E-state index contributed by atoms with van der Waals surface area (Å²) in [5.74, 6) is 1.06. The van der Waals surface area contributed by atoms with E-state index in [1.165, 1.54) is 45.7 Å². The van der Waals surface area contributed by atoms with E-state index in [2.05, 4.69) is 15.6 Å². The van der Waals surface area contributed by atoms with Crippen LogP contribution < -0.4 is 24.8 Å². The predicted octanol–water partition coefficient (Wildman–Crippen LogP) is 4.24. The van der Waals surface area contributed by atoms with E-state index in [-0.39, 0.29) is 5.91 Å². The molecule has 1 heterocycles. The second-order valence-electron chi connectivity index (χ2n) is 5.93. The van der Waals surface area contributed by atoms with Crippen LogP contribution in [-0.4, -0.2) is 32.2 Å². The average Bonchev–Trinajstić information content (AvgIpc) is 2.73. The third-order valence-corrected chi connectivity index (χ3v) is 4.04. The fourth-order valence-corrected chi connectivity index (χ4v) is 2.71. The van der Waals surface area contributed by atoms with Gasteiger partial charge < -0.3 is 24.8 Å². The van der Waals surface area contributed by atoms with Crippen molar-refractivity contribution in [3.63, 3.8) is 0 Å². The summed E-state index contributed by atoms with van der Waals surface area (Å²) in [6.45, 7) is 0. The minimum absolute atomic E-state index is 0.360. The van der Waals surface area contributed by atoms with E-state index in [0.29, 0.717) is 40.0 Å². The second-order valence-corrected chi connectivity index (χ2v) is 5.93. The molecule has 0 radical (unpaired) electrons. The highest BCUT2D eigenvalue weighted by Gasteiger charge is 2.14. The lowest BCUT2D eigenvalue weighted by atomic mass is 10.2. The molecule has 0 unspecified atom stereocenters. The van der Waals surface area contributed by atoms with Crippen molar-refractivity contribution in [3.05, 3.63) is 66.1 Å². The Balaban J connectivity index is 1.82. The Morgan fingerprint density at radius 1 is 0.931 bits per heavy atom. The number of pyridine rings is 1. The van der Waals surface area contributed by atoms with E-state index in [0.717, 1.165) is 0 Å². The summed E-state index contributed by atoms with van der Waals surface area (Å²) < 4.78 is 29.3. The highest BCUT2D eigenvalue weighted by atomic mass is 19.1. The Hall–Kier alpha value is -3.81. The number of methoxy groups -OCH3 is 3. The van der Waals surface area contributed by atoms with Gasteiger partial charge in [0.1, 0.15) is 11.6 Å². The quantitative estimate of drug-likeness (QED) is 0.621. The molecule has 0 spiro atoms. The number of hydrogen-bond donors (Lipinski definition) is 2. The fourth-order valence-electron chi connectivity index (χ4n) is 2.71. The summed E-state index contributed by atoms with van der Waals surface area (Å²) in [5, 5.41) is 5.76. The highest BCUT2D eigenvalue weighted by molar-refractivity contribution is 6.04. The van der Waals surface area contributed by atoms with Gasteiger partial charge in [-0.3, -0.25) is 4.79 Å². The van der Waals surface area contributed by atoms with Gasteiger partial charge in [0.15, 0.2) is 11.5 Å². The van der Waals surface area contributed by atoms with E-state index in [4.69, 9.17) is 14.2 Å². The Labute approximate surface area is 167 Å². The number of carbonyl (C=O) groups excluding carboxylic acids is 1. The molecule has 3 rings (SSSR count). The number of hydrogen-bond acceptors (Lipinski definition) is 6. The van der Waals surface area contributed by atoms with Gasteiger partial charge in [-0.1, -0.05) is 6.07 Å². The van der Waals surface area contributed by atoms with Crippen LogP contribution in [0.3, 0.4) is 0 Å². The number of aromatic nitrogens is 1. The first kappa shape index (κ1) is 19.9. The normalized spacial score (nSPS) is 10.2. The molecule has 2 N–H and O–H groups in total. The Morgan fingerprint density at radius 3 is 2.28 bits per heavy atom. The molecule has 0 aliphatic heterocycles. The van der Waals surface area contributed by atoms with Crippen LogP contribution >= 0.6 is 0 Å². The van der Waals surface area contributed by atoms with E-state index in [1.807, 2.05) is 0 Å². The van der Waals surface area contributed by atoms with Crippen LogP contribution in [0.2, 0.25) is 0 Å². The van der Waals surface area contributed by atoms with Crippen LogP contribution in [0.25, 0.3) is 0 Å². The maximum absolute atomic E-state index is 13.3. The molecular formula is C21H20FN3O4. The lowest BCUT2D eigenvalue weighted by Crippen LogP contribution is -2.12. The highest BCUT2D eigenvalue weighted by Crippen LogP contribution is 2.40. The Bertz CT molecular complexity index is 1000. The maximum Gasteiger partial charge on any atom is 0.255 e. The molecule has 0 fully saturated rings. The molecule has 29 heavy (non-hydrogen) atoms. The van der Waals surface area contributed by atoms with Gasteiger partial charge in [0, 0.05) is 35.3 Å². The van der Waals surface area contributed by atoms with Crippen LogP contribution in [0, 0.1) is 5.82 Å². The number of carbonyl (C=O) groups is 1. The van der Waals surface area contributed by atoms with Crippen molar-refractivity contribution in [3.8, 4) is 17.2 Å². The molecule has 2 aromatic carbocycles. The lowest BCUT2D eigenvalue weighted by molar-refractivity contribution is 0.102. The largest absolute Gasteiger partial charge is 0.493 e. The molecule has 0 saturated heterocycles. The molecule has 0 aliphatic carbocycles. The monoisotopic (exact) mass is 397 g/mol. The Kier molecular flexibility index (Phi) is 6.13. The Morgan fingerprint density at radius 2 is 1.66 bits per heavy atom.